The van der Waals surface area contributed by atoms with Crippen LogP contribution in [0.3, 0.4) is 0 Å². The van der Waals surface area contributed by atoms with Crippen molar-refractivity contribution in [1.82, 2.24) is 4.98 Å². The number of carbonyl (C=O) groups excluding carboxylic acids is 1. The molecule has 0 fully saturated rings. The van der Waals surface area contributed by atoms with Crippen LogP contribution < -0.4 is 11.5 Å². The zero-order valence-electron chi connectivity index (χ0n) is 6.80. The van der Waals surface area contributed by atoms with Gasteiger partial charge in [-0.15, -0.1) is 0 Å². The van der Waals surface area contributed by atoms with E-state index in [1.165, 1.54) is 0 Å². The molecule has 0 aliphatic rings. The second-order valence-electron chi connectivity index (χ2n) is 2.47. The molecule has 1 aromatic rings. The van der Waals surface area contributed by atoms with Gasteiger partial charge in [-0.2, -0.15) is 0 Å². The molecule has 0 aromatic carbocycles. The molecule has 0 bridgehead atoms. The third-order valence-corrected chi connectivity index (χ3v) is 1.76. The zero-order chi connectivity index (χ0) is 10.9. The highest BCUT2D eigenvalue weighted by molar-refractivity contribution is 6.68. The number of pyridine rings is 1. The van der Waals surface area contributed by atoms with Crippen molar-refractivity contribution >= 4 is 28.5 Å². The monoisotopic (exact) mass is 221 g/mol. The van der Waals surface area contributed by atoms with Gasteiger partial charge < -0.3 is 11.5 Å². The van der Waals surface area contributed by atoms with Gasteiger partial charge in [-0.05, 0) is 17.7 Å². The summed E-state index contributed by atoms with van der Waals surface area (Å²) in [5, 5.41) is -0.947. The van der Waals surface area contributed by atoms with Gasteiger partial charge in [-0.3, -0.25) is 4.79 Å². The molecule has 76 valence electrons. The number of nitrogens with zero attached hydrogens (tertiary/aromatic N) is 1. The van der Waals surface area contributed by atoms with Gasteiger partial charge in [-0.25, -0.2) is 13.8 Å². The van der Waals surface area contributed by atoms with Crippen molar-refractivity contribution in [2.45, 2.75) is 6.43 Å². The number of rotatable bonds is 2. The molecule has 0 aliphatic heterocycles. The van der Waals surface area contributed by atoms with E-state index in [9.17, 15) is 13.6 Å². The van der Waals surface area contributed by atoms with Gasteiger partial charge >= 0.3 is 0 Å². The smallest absolute Gasteiger partial charge is 0.267 e. The van der Waals surface area contributed by atoms with Crippen LogP contribution in [0.4, 0.5) is 20.4 Å². The quantitative estimate of drug-likeness (QED) is 0.743. The van der Waals surface area contributed by atoms with Gasteiger partial charge in [0.1, 0.15) is 11.6 Å². The molecule has 4 N–H and O–H groups in total. The van der Waals surface area contributed by atoms with Crippen molar-refractivity contribution in [3.63, 3.8) is 0 Å². The Morgan fingerprint density at radius 2 is 2.00 bits per heavy atom. The first kappa shape index (κ1) is 10.6. The van der Waals surface area contributed by atoms with E-state index in [4.69, 9.17) is 23.1 Å². The van der Waals surface area contributed by atoms with Gasteiger partial charge in [0.05, 0.1) is 11.1 Å². The minimum absolute atomic E-state index is 0.257. The Labute approximate surface area is 82.9 Å². The number of aromatic nitrogens is 1. The molecule has 0 atom stereocenters. The lowest BCUT2D eigenvalue weighted by Crippen LogP contribution is -2.07. The number of hydrogen-bond donors (Lipinski definition) is 2. The van der Waals surface area contributed by atoms with E-state index in [2.05, 4.69) is 4.98 Å². The van der Waals surface area contributed by atoms with Crippen LogP contribution in [0.2, 0.25) is 0 Å². The van der Waals surface area contributed by atoms with Crippen LogP contribution in [0.15, 0.2) is 6.07 Å². The minimum Gasteiger partial charge on any atom is -0.383 e. The maximum Gasteiger partial charge on any atom is 0.267 e. The number of hydrogen-bond acceptors (Lipinski definition) is 4. The highest BCUT2D eigenvalue weighted by atomic mass is 35.5. The largest absolute Gasteiger partial charge is 0.383 e. The average Bonchev–Trinajstić information content (AvgIpc) is 2.02. The third-order valence-electron chi connectivity index (χ3n) is 1.56. The van der Waals surface area contributed by atoms with E-state index in [1.54, 1.807) is 0 Å². The fourth-order valence-corrected chi connectivity index (χ4v) is 1.04. The summed E-state index contributed by atoms with van der Waals surface area (Å²) in [6.07, 6.45) is -2.82. The first-order valence-electron chi connectivity index (χ1n) is 3.47. The van der Waals surface area contributed by atoms with Crippen molar-refractivity contribution in [2.24, 2.45) is 0 Å². The molecule has 1 rings (SSSR count). The number of anilines is 2. The Morgan fingerprint density at radius 1 is 1.43 bits per heavy atom. The zero-order valence-corrected chi connectivity index (χ0v) is 7.55. The topological polar surface area (TPSA) is 82.0 Å². The lowest BCUT2D eigenvalue weighted by atomic mass is 10.2. The molecule has 0 amide bonds. The molecule has 4 nitrogen and oxygen atoms in total. The minimum atomic E-state index is -2.82. The SMILES string of the molecule is Nc1nc(N)c(C(F)F)cc1C(=O)Cl. The van der Waals surface area contributed by atoms with Gasteiger partial charge in [0.2, 0.25) is 0 Å². The lowest BCUT2D eigenvalue weighted by Gasteiger charge is -2.06. The molecule has 0 saturated heterocycles. The fraction of sp³-hybridized carbons (Fsp3) is 0.143. The maximum atomic E-state index is 12.3. The number of nitrogen functional groups attached to an aromatic ring is 2. The molecule has 0 unspecified atom stereocenters. The van der Waals surface area contributed by atoms with Gasteiger partial charge in [0.25, 0.3) is 11.7 Å². The van der Waals surface area contributed by atoms with E-state index in [-0.39, 0.29) is 11.4 Å². The summed E-state index contributed by atoms with van der Waals surface area (Å²) in [7, 11) is 0. The average molecular weight is 222 g/mol. The second kappa shape index (κ2) is 3.75. The second-order valence-corrected chi connectivity index (χ2v) is 2.81. The molecule has 0 spiro atoms. The van der Waals surface area contributed by atoms with Crippen LogP contribution in [-0.4, -0.2) is 10.2 Å². The number of halogens is 3. The highest BCUT2D eigenvalue weighted by Crippen LogP contribution is 2.27. The van der Waals surface area contributed by atoms with E-state index in [0.717, 1.165) is 6.07 Å². The van der Waals surface area contributed by atoms with E-state index in [0.29, 0.717) is 0 Å². The predicted molar refractivity (Wildman–Crippen MR) is 48.2 cm³/mol. The molecular formula is C7H6ClF2N3O. The first-order valence-corrected chi connectivity index (χ1v) is 3.85. The van der Waals surface area contributed by atoms with Gasteiger partial charge in [-0.1, -0.05) is 0 Å². The molecule has 0 aliphatic carbocycles. The molecule has 0 saturated carbocycles. The normalized spacial score (nSPS) is 10.6. The molecular weight excluding hydrogens is 216 g/mol. The first-order chi connectivity index (χ1) is 6.43. The van der Waals surface area contributed by atoms with Crippen LogP contribution in [0, 0.1) is 0 Å². The number of carbonyl (C=O) groups is 1. The Hall–Kier alpha value is -1.43. The maximum absolute atomic E-state index is 12.3. The van der Waals surface area contributed by atoms with E-state index in [1.807, 2.05) is 0 Å². The van der Waals surface area contributed by atoms with Crippen LogP contribution >= 0.6 is 11.6 Å². The summed E-state index contributed by atoms with van der Waals surface area (Å²) < 4.78 is 24.6. The van der Waals surface area contributed by atoms with Gasteiger partial charge in [0, 0.05) is 0 Å². The summed E-state index contributed by atoms with van der Waals surface area (Å²) in [5.74, 6) is -0.661. The van der Waals surface area contributed by atoms with E-state index < -0.39 is 23.0 Å². The summed E-state index contributed by atoms with van der Waals surface area (Å²) in [4.78, 5) is 14.1. The summed E-state index contributed by atoms with van der Waals surface area (Å²) in [6, 6.07) is 0.845. The van der Waals surface area contributed by atoms with Crippen molar-refractivity contribution in [3.8, 4) is 0 Å². The highest BCUT2D eigenvalue weighted by Gasteiger charge is 2.18. The Morgan fingerprint density at radius 3 is 2.43 bits per heavy atom. The predicted octanol–water partition coefficient (Wildman–Crippen LogP) is 1.56. The van der Waals surface area contributed by atoms with Crippen LogP contribution in [0.5, 0.6) is 0 Å². The lowest BCUT2D eigenvalue weighted by molar-refractivity contribution is 0.108. The number of alkyl halides is 2. The van der Waals surface area contributed by atoms with Gasteiger partial charge in [0.15, 0.2) is 0 Å². The third kappa shape index (κ3) is 1.90. The summed E-state index contributed by atoms with van der Waals surface area (Å²) in [5.41, 5.74) is 9.60. The van der Waals surface area contributed by atoms with Crippen molar-refractivity contribution in [3.05, 3.63) is 17.2 Å². The summed E-state index contributed by atoms with van der Waals surface area (Å²) >= 11 is 5.09. The molecule has 1 aromatic heterocycles. The van der Waals surface area contributed by atoms with Crippen LogP contribution in [0.1, 0.15) is 22.3 Å². The molecule has 7 heteroatoms. The van der Waals surface area contributed by atoms with Crippen molar-refractivity contribution in [2.75, 3.05) is 11.5 Å². The standard InChI is InChI=1S/C7H6ClF2N3O/c8-4(14)2-1-3(5(9)10)7(12)13-6(2)11/h1,5H,(H4,11,12,13). The molecule has 14 heavy (non-hydrogen) atoms. The molecule has 1 heterocycles. The summed E-state index contributed by atoms with van der Waals surface area (Å²) in [6.45, 7) is 0. The van der Waals surface area contributed by atoms with Crippen LogP contribution in [0.25, 0.3) is 0 Å². The fourth-order valence-electron chi connectivity index (χ4n) is 0.890. The van der Waals surface area contributed by atoms with Crippen molar-refractivity contribution in [1.29, 1.82) is 0 Å². The Balaban J connectivity index is 3.34. The van der Waals surface area contributed by atoms with Crippen molar-refractivity contribution < 1.29 is 13.6 Å². The Kier molecular flexibility index (Phi) is 2.85. The molecule has 0 radical (unpaired) electrons. The van der Waals surface area contributed by atoms with E-state index >= 15 is 0 Å². The Bertz CT molecular complexity index is 383. The van der Waals surface area contributed by atoms with Crippen LogP contribution in [-0.2, 0) is 0 Å². The number of nitrogens with two attached hydrogens (primary N) is 2.